The zero-order chi connectivity index (χ0) is 11.9. The molecule has 0 aromatic carbocycles. The number of likely N-dealkylation sites (tertiary alicyclic amines) is 2. The molecule has 3 nitrogen and oxygen atoms in total. The summed E-state index contributed by atoms with van der Waals surface area (Å²) in [6.07, 6.45) is 7.37. The van der Waals surface area contributed by atoms with Gasteiger partial charge in [0, 0.05) is 38.3 Å². The first-order chi connectivity index (χ1) is 8.90. The van der Waals surface area contributed by atoms with Gasteiger partial charge in [-0.25, -0.2) is 0 Å². The number of fused-ring (bicyclic) bond motifs is 1. The number of rotatable bonds is 2. The van der Waals surface area contributed by atoms with Gasteiger partial charge in [-0.15, -0.1) is 0 Å². The Morgan fingerprint density at radius 3 is 1.94 bits per heavy atom. The summed E-state index contributed by atoms with van der Waals surface area (Å²) in [5, 5.41) is 3.41. The van der Waals surface area contributed by atoms with Crippen LogP contribution in [-0.4, -0.2) is 61.2 Å². The number of piperidine rings is 1. The van der Waals surface area contributed by atoms with Gasteiger partial charge in [0.15, 0.2) is 0 Å². The summed E-state index contributed by atoms with van der Waals surface area (Å²) in [6.45, 7) is 8.08. The molecule has 0 aromatic rings. The van der Waals surface area contributed by atoms with E-state index in [1.165, 1.54) is 71.4 Å². The lowest BCUT2D eigenvalue weighted by Gasteiger charge is -2.37. The van der Waals surface area contributed by atoms with Crippen LogP contribution in [0.2, 0.25) is 0 Å². The van der Waals surface area contributed by atoms with Gasteiger partial charge < -0.3 is 10.2 Å². The van der Waals surface area contributed by atoms with Crippen molar-refractivity contribution < 1.29 is 0 Å². The second kappa shape index (κ2) is 4.77. The molecule has 18 heavy (non-hydrogen) atoms. The molecule has 4 fully saturated rings. The molecular formula is C15H27N3. The maximum atomic E-state index is 3.41. The molecule has 1 aliphatic carbocycles. The van der Waals surface area contributed by atoms with E-state index in [-0.39, 0.29) is 0 Å². The highest BCUT2D eigenvalue weighted by molar-refractivity contribution is 4.99. The van der Waals surface area contributed by atoms with Gasteiger partial charge in [0.25, 0.3) is 0 Å². The van der Waals surface area contributed by atoms with E-state index >= 15 is 0 Å². The van der Waals surface area contributed by atoms with E-state index in [4.69, 9.17) is 0 Å². The molecule has 0 aromatic heterocycles. The minimum Gasteiger partial charge on any atom is -0.314 e. The van der Waals surface area contributed by atoms with Crippen molar-refractivity contribution >= 4 is 0 Å². The van der Waals surface area contributed by atoms with Gasteiger partial charge >= 0.3 is 0 Å². The Hall–Kier alpha value is -0.120. The third kappa shape index (κ3) is 2.00. The summed E-state index contributed by atoms with van der Waals surface area (Å²) < 4.78 is 0. The van der Waals surface area contributed by atoms with Gasteiger partial charge in [0.2, 0.25) is 0 Å². The van der Waals surface area contributed by atoms with E-state index in [9.17, 15) is 0 Å². The molecule has 0 radical (unpaired) electrons. The minimum absolute atomic E-state index is 0.879. The highest BCUT2D eigenvalue weighted by atomic mass is 15.3. The maximum absolute atomic E-state index is 3.41. The molecule has 4 rings (SSSR count). The van der Waals surface area contributed by atoms with Crippen molar-refractivity contribution in [3.05, 3.63) is 0 Å². The summed E-state index contributed by atoms with van der Waals surface area (Å²) in [5.74, 6) is 2.05. The number of nitrogens with zero attached hydrogens (tertiary/aromatic N) is 2. The monoisotopic (exact) mass is 249 g/mol. The van der Waals surface area contributed by atoms with E-state index in [1.54, 1.807) is 0 Å². The fourth-order valence-electron chi connectivity index (χ4n) is 4.72. The van der Waals surface area contributed by atoms with Crippen LogP contribution in [0.3, 0.4) is 0 Å². The third-order valence-corrected chi connectivity index (χ3v) is 5.94. The minimum atomic E-state index is 0.879. The van der Waals surface area contributed by atoms with Crippen LogP contribution >= 0.6 is 0 Å². The predicted molar refractivity (Wildman–Crippen MR) is 73.7 cm³/mol. The zero-order valence-electron chi connectivity index (χ0n) is 11.5. The Morgan fingerprint density at radius 2 is 1.39 bits per heavy atom. The highest BCUT2D eigenvalue weighted by Gasteiger charge is 2.44. The molecule has 3 saturated heterocycles. The van der Waals surface area contributed by atoms with Gasteiger partial charge in [-0.3, -0.25) is 4.90 Å². The molecular weight excluding hydrogens is 222 g/mol. The molecule has 1 N–H and O–H groups in total. The average molecular weight is 249 g/mol. The van der Waals surface area contributed by atoms with Crippen molar-refractivity contribution in [3.8, 4) is 0 Å². The third-order valence-electron chi connectivity index (χ3n) is 5.94. The SMILES string of the molecule is C1CCN(C2CC3CN(C4CNC4)CC3C2)CC1. The molecule has 3 heteroatoms. The smallest absolute Gasteiger partial charge is 0.0345 e. The summed E-state index contributed by atoms with van der Waals surface area (Å²) in [6, 6.07) is 1.83. The lowest BCUT2D eigenvalue weighted by Crippen LogP contribution is -2.56. The fraction of sp³-hybridized carbons (Fsp3) is 1.00. The fourth-order valence-corrected chi connectivity index (χ4v) is 4.72. The van der Waals surface area contributed by atoms with Crippen molar-refractivity contribution in [2.75, 3.05) is 39.3 Å². The van der Waals surface area contributed by atoms with Gasteiger partial charge in [0.1, 0.15) is 0 Å². The van der Waals surface area contributed by atoms with Crippen LogP contribution in [0.5, 0.6) is 0 Å². The Bertz CT molecular complexity index is 282. The molecule has 102 valence electrons. The molecule has 0 spiro atoms. The first kappa shape index (κ1) is 11.7. The molecule has 1 saturated carbocycles. The normalized spacial score (nSPS) is 43.0. The predicted octanol–water partition coefficient (Wildman–Crippen LogP) is 1.15. The van der Waals surface area contributed by atoms with Crippen molar-refractivity contribution in [1.29, 1.82) is 0 Å². The molecule has 3 heterocycles. The number of nitrogens with one attached hydrogen (secondary N) is 1. The molecule has 2 unspecified atom stereocenters. The Labute approximate surface area is 111 Å². The largest absolute Gasteiger partial charge is 0.314 e. The van der Waals surface area contributed by atoms with Gasteiger partial charge in [-0.2, -0.15) is 0 Å². The van der Waals surface area contributed by atoms with Crippen LogP contribution < -0.4 is 5.32 Å². The Morgan fingerprint density at radius 1 is 0.722 bits per heavy atom. The van der Waals surface area contributed by atoms with Crippen LogP contribution in [0.4, 0.5) is 0 Å². The Balaban J connectivity index is 1.33. The highest BCUT2D eigenvalue weighted by Crippen LogP contribution is 2.41. The summed E-state index contributed by atoms with van der Waals surface area (Å²) in [7, 11) is 0. The molecule has 0 amide bonds. The van der Waals surface area contributed by atoms with Crippen molar-refractivity contribution in [1.82, 2.24) is 15.1 Å². The summed E-state index contributed by atoms with van der Waals surface area (Å²) >= 11 is 0. The molecule has 0 bridgehead atoms. The number of hydrogen-bond acceptors (Lipinski definition) is 3. The van der Waals surface area contributed by atoms with Crippen molar-refractivity contribution in [3.63, 3.8) is 0 Å². The van der Waals surface area contributed by atoms with Crippen LogP contribution in [0.15, 0.2) is 0 Å². The average Bonchev–Trinajstić information content (AvgIpc) is 2.86. The second-order valence-electron chi connectivity index (χ2n) is 7.01. The van der Waals surface area contributed by atoms with Gasteiger partial charge in [0.05, 0.1) is 0 Å². The van der Waals surface area contributed by atoms with Gasteiger partial charge in [-0.05, 0) is 50.6 Å². The van der Waals surface area contributed by atoms with Crippen molar-refractivity contribution in [2.45, 2.75) is 44.2 Å². The molecule has 2 atom stereocenters. The van der Waals surface area contributed by atoms with E-state index in [0.29, 0.717) is 0 Å². The first-order valence-electron chi connectivity index (χ1n) is 8.09. The molecule has 4 aliphatic rings. The molecule has 3 aliphatic heterocycles. The summed E-state index contributed by atoms with van der Waals surface area (Å²) in [5.41, 5.74) is 0. The lowest BCUT2D eigenvalue weighted by atomic mass is 10.0. The van der Waals surface area contributed by atoms with E-state index in [2.05, 4.69) is 15.1 Å². The number of hydrogen-bond donors (Lipinski definition) is 1. The topological polar surface area (TPSA) is 18.5 Å². The summed E-state index contributed by atoms with van der Waals surface area (Å²) in [4.78, 5) is 5.59. The van der Waals surface area contributed by atoms with Crippen LogP contribution in [-0.2, 0) is 0 Å². The Kier molecular flexibility index (Phi) is 3.10. The van der Waals surface area contributed by atoms with E-state index < -0.39 is 0 Å². The van der Waals surface area contributed by atoms with Crippen LogP contribution in [0.1, 0.15) is 32.1 Å². The van der Waals surface area contributed by atoms with Crippen molar-refractivity contribution in [2.24, 2.45) is 11.8 Å². The quantitative estimate of drug-likeness (QED) is 0.792. The van der Waals surface area contributed by atoms with Crippen LogP contribution in [0, 0.1) is 11.8 Å². The standard InChI is InChI=1S/C15H27N3/c1-2-4-17(5-3-1)14-6-12-10-18(11-13(12)7-14)15-8-16-9-15/h12-16H,1-11H2. The maximum Gasteiger partial charge on any atom is 0.0345 e. The lowest BCUT2D eigenvalue weighted by molar-refractivity contribution is 0.133. The first-order valence-corrected chi connectivity index (χ1v) is 8.09. The van der Waals surface area contributed by atoms with E-state index in [1.807, 2.05) is 0 Å². The van der Waals surface area contributed by atoms with E-state index in [0.717, 1.165) is 23.9 Å². The second-order valence-corrected chi connectivity index (χ2v) is 7.01. The van der Waals surface area contributed by atoms with Gasteiger partial charge in [-0.1, -0.05) is 6.42 Å². The van der Waals surface area contributed by atoms with Crippen LogP contribution in [0.25, 0.3) is 0 Å². The zero-order valence-corrected chi connectivity index (χ0v) is 11.5.